The monoisotopic (exact) mass is 516 g/mol. The average Bonchev–Trinajstić information content (AvgIpc) is 2.91. The molecule has 1 aliphatic heterocycles. The summed E-state index contributed by atoms with van der Waals surface area (Å²) in [4.78, 5) is 0. The first kappa shape index (κ1) is 27.9. The van der Waals surface area contributed by atoms with Crippen molar-refractivity contribution in [2.45, 2.75) is 96.0 Å². The molecule has 1 aliphatic carbocycles. The maximum absolute atomic E-state index is 15.1. The fourth-order valence-electron chi connectivity index (χ4n) is 6.20. The Morgan fingerprint density at radius 1 is 0.784 bits per heavy atom. The third-order valence-electron chi connectivity index (χ3n) is 8.55. The number of hydrogen-bond donors (Lipinski definition) is 0. The zero-order chi connectivity index (χ0) is 26.4. The van der Waals surface area contributed by atoms with Crippen molar-refractivity contribution in [3.05, 3.63) is 71.3 Å². The van der Waals surface area contributed by atoms with Crippen LogP contribution in [0.4, 0.5) is 17.6 Å². The fraction of sp³-hybridized carbons (Fsp3) is 0.562. The van der Waals surface area contributed by atoms with E-state index in [0.29, 0.717) is 30.9 Å². The number of rotatable bonds is 10. The van der Waals surface area contributed by atoms with E-state index in [1.807, 2.05) is 6.08 Å². The Morgan fingerprint density at radius 3 is 2.05 bits per heavy atom. The molecule has 37 heavy (non-hydrogen) atoms. The van der Waals surface area contributed by atoms with Gasteiger partial charge in [0.05, 0.1) is 12.7 Å². The molecular weight excluding hydrogens is 476 g/mol. The summed E-state index contributed by atoms with van der Waals surface area (Å²) in [7, 11) is 0. The van der Waals surface area contributed by atoms with Gasteiger partial charge in [-0.2, -0.15) is 0 Å². The van der Waals surface area contributed by atoms with Crippen molar-refractivity contribution >= 4 is 0 Å². The summed E-state index contributed by atoms with van der Waals surface area (Å²) in [6, 6.07) is 5.78. The smallest absolute Gasteiger partial charge is 0.167 e. The van der Waals surface area contributed by atoms with Crippen LogP contribution in [-0.2, 0) is 11.2 Å². The number of aryl methyl sites for hydroxylation is 1. The summed E-state index contributed by atoms with van der Waals surface area (Å²) in [5, 5.41) is 0. The van der Waals surface area contributed by atoms with Crippen LogP contribution < -0.4 is 0 Å². The number of ether oxygens (including phenoxy) is 1. The highest BCUT2D eigenvalue weighted by atomic mass is 19.2. The maximum atomic E-state index is 15.1. The van der Waals surface area contributed by atoms with Gasteiger partial charge in [-0.1, -0.05) is 69.4 Å². The normalized spacial score (nSPS) is 24.2. The quantitative estimate of drug-likeness (QED) is 0.226. The highest BCUT2D eigenvalue weighted by Gasteiger charge is 2.28. The zero-order valence-corrected chi connectivity index (χ0v) is 22.0. The maximum Gasteiger partial charge on any atom is 0.167 e. The lowest BCUT2D eigenvalue weighted by molar-refractivity contribution is -0.00181. The third kappa shape index (κ3) is 6.66. The van der Waals surface area contributed by atoms with E-state index in [1.54, 1.807) is 0 Å². The van der Waals surface area contributed by atoms with Crippen LogP contribution in [0.3, 0.4) is 0 Å². The summed E-state index contributed by atoms with van der Waals surface area (Å²) < 4.78 is 66.1. The molecule has 0 bridgehead atoms. The molecule has 0 radical (unpaired) electrons. The van der Waals surface area contributed by atoms with Crippen LogP contribution in [0.1, 0.15) is 94.6 Å². The lowest BCUT2D eigenvalue weighted by atomic mass is 9.78. The van der Waals surface area contributed by atoms with Gasteiger partial charge in [-0.25, -0.2) is 17.6 Å². The molecule has 202 valence electrons. The van der Waals surface area contributed by atoms with Crippen LogP contribution in [0, 0.1) is 35.1 Å². The molecule has 2 atom stereocenters. The van der Waals surface area contributed by atoms with Crippen molar-refractivity contribution in [1.29, 1.82) is 0 Å². The molecule has 1 saturated carbocycles. The number of benzene rings is 2. The number of halogens is 4. The molecule has 0 aromatic heterocycles. The standard InChI is InChI=1S/C32H40F4O/c1-3-5-7-21-8-10-22(11-9-21)12-13-23-15-17-27(31(35)29(23)33)28-19-18-26(30(34)32(28)36)24-14-16-25(6-4-2)37-20-24/h3,15,17-19,21-22,24-25H,1,4-14,16,20H2,2H3. The fourth-order valence-corrected chi connectivity index (χ4v) is 6.20. The van der Waals surface area contributed by atoms with Gasteiger partial charge in [0, 0.05) is 17.0 Å². The van der Waals surface area contributed by atoms with E-state index in [4.69, 9.17) is 4.74 Å². The predicted octanol–water partition coefficient (Wildman–Crippen LogP) is 9.68. The van der Waals surface area contributed by atoms with Crippen LogP contribution in [0.25, 0.3) is 11.1 Å². The highest BCUT2D eigenvalue weighted by molar-refractivity contribution is 5.66. The summed E-state index contributed by atoms with van der Waals surface area (Å²) >= 11 is 0. The Labute approximate surface area is 219 Å². The van der Waals surface area contributed by atoms with Gasteiger partial charge in [0.15, 0.2) is 23.3 Å². The van der Waals surface area contributed by atoms with Crippen molar-refractivity contribution in [2.75, 3.05) is 6.61 Å². The molecule has 1 heterocycles. The van der Waals surface area contributed by atoms with Crippen LogP contribution in [0.2, 0.25) is 0 Å². The molecule has 0 spiro atoms. The molecule has 0 N–H and O–H groups in total. The van der Waals surface area contributed by atoms with Crippen molar-refractivity contribution in [1.82, 2.24) is 0 Å². The lowest BCUT2D eigenvalue weighted by Gasteiger charge is -2.29. The van der Waals surface area contributed by atoms with Crippen molar-refractivity contribution < 1.29 is 22.3 Å². The first-order valence-electron chi connectivity index (χ1n) is 14.1. The van der Waals surface area contributed by atoms with E-state index in [9.17, 15) is 4.39 Å². The number of hydrogen-bond acceptors (Lipinski definition) is 1. The summed E-state index contributed by atoms with van der Waals surface area (Å²) in [5.41, 5.74) is 0.0545. The van der Waals surface area contributed by atoms with E-state index in [0.717, 1.165) is 50.9 Å². The molecule has 5 heteroatoms. The Kier molecular flexibility index (Phi) is 9.86. The van der Waals surface area contributed by atoms with E-state index in [1.165, 1.54) is 43.5 Å². The van der Waals surface area contributed by atoms with E-state index >= 15 is 13.2 Å². The van der Waals surface area contributed by atoms with E-state index in [2.05, 4.69) is 13.5 Å². The Morgan fingerprint density at radius 2 is 1.43 bits per heavy atom. The molecule has 2 aromatic carbocycles. The molecule has 1 saturated heterocycles. The average molecular weight is 517 g/mol. The molecule has 4 rings (SSSR count). The largest absolute Gasteiger partial charge is 0.378 e. The first-order chi connectivity index (χ1) is 17.9. The molecule has 1 nitrogen and oxygen atoms in total. The van der Waals surface area contributed by atoms with Gasteiger partial charge in [0.25, 0.3) is 0 Å². The molecule has 2 fully saturated rings. The predicted molar refractivity (Wildman–Crippen MR) is 142 cm³/mol. The molecule has 2 aromatic rings. The Hall–Kier alpha value is -2.14. The topological polar surface area (TPSA) is 9.23 Å². The van der Waals surface area contributed by atoms with Crippen molar-refractivity contribution in [3.63, 3.8) is 0 Å². The van der Waals surface area contributed by atoms with Gasteiger partial charge >= 0.3 is 0 Å². The minimum Gasteiger partial charge on any atom is -0.378 e. The Bertz CT molecular complexity index is 1050. The summed E-state index contributed by atoms with van der Waals surface area (Å²) in [6.45, 7) is 6.23. The minimum atomic E-state index is -1.13. The SMILES string of the molecule is C=CCCC1CCC(CCc2ccc(-c3ccc(C4CCC(CCC)OC4)c(F)c3F)c(F)c2F)CC1. The van der Waals surface area contributed by atoms with Gasteiger partial charge in [-0.05, 0) is 67.9 Å². The summed E-state index contributed by atoms with van der Waals surface area (Å²) in [5.74, 6) is -3.17. The van der Waals surface area contributed by atoms with Crippen LogP contribution >= 0.6 is 0 Å². The lowest BCUT2D eigenvalue weighted by Crippen LogP contribution is -2.25. The second-order valence-corrected chi connectivity index (χ2v) is 11.0. The second-order valence-electron chi connectivity index (χ2n) is 11.0. The number of allylic oxidation sites excluding steroid dienone is 1. The summed E-state index contributed by atoms with van der Waals surface area (Å²) in [6.07, 6.45) is 13.7. The van der Waals surface area contributed by atoms with Crippen LogP contribution in [-0.4, -0.2) is 12.7 Å². The molecule has 0 amide bonds. The van der Waals surface area contributed by atoms with Crippen molar-refractivity contribution in [3.8, 4) is 11.1 Å². The second kappa shape index (κ2) is 13.1. The first-order valence-corrected chi connectivity index (χ1v) is 14.1. The Balaban J connectivity index is 1.41. The van der Waals surface area contributed by atoms with Crippen LogP contribution in [0.5, 0.6) is 0 Å². The van der Waals surface area contributed by atoms with E-state index < -0.39 is 23.3 Å². The molecular formula is C32H40F4O. The van der Waals surface area contributed by atoms with Crippen LogP contribution in [0.15, 0.2) is 36.9 Å². The minimum absolute atomic E-state index is 0.168. The molecule has 2 aliphatic rings. The molecule has 2 unspecified atom stereocenters. The van der Waals surface area contributed by atoms with Gasteiger partial charge in [0.2, 0.25) is 0 Å². The van der Waals surface area contributed by atoms with E-state index in [-0.39, 0.29) is 28.7 Å². The van der Waals surface area contributed by atoms with Gasteiger partial charge < -0.3 is 4.74 Å². The third-order valence-corrected chi connectivity index (χ3v) is 8.55. The highest BCUT2D eigenvalue weighted by Crippen LogP contribution is 2.37. The van der Waals surface area contributed by atoms with Gasteiger partial charge in [-0.3, -0.25) is 0 Å². The van der Waals surface area contributed by atoms with Crippen molar-refractivity contribution in [2.24, 2.45) is 11.8 Å². The zero-order valence-electron chi connectivity index (χ0n) is 22.0. The van der Waals surface area contributed by atoms with Gasteiger partial charge in [0.1, 0.15) is 0 Å². The van der Waals surface area contributed by atoms with Gasteiger partial charge in [-0.15, -0.1) is 6.58 Å².